The Morgan fingerprint density at radius 2 is 1.97 bits per heavy atom. The number of nitrogens with one attached hydrogen (secondary N) is 1. The quantitative estimate of drug-likeness (QED) is 0.572. The largest absolute Gasteiger partial charge is 0.382 e. The average Bonchev–Trinajstić information content (AvgIpc) is 3.07. The van der Waals surface area contributed by atoms with Crippen molar-refractivity contribution in [3.8, 4) is 0 Å². The van der Waals surface area contributed by atoms with Crippen molar-refractivity contribution in [1.29, 1.82) is 0 Å². The van der Waals surface area contributed by atoms with Crippen LogP contribution < -0.4 is 11.1 Å². The number of hydrogen-bond donors (Lipinski definition) is 2. The third-order valence-electron chi connectivity index (χ3n) is 3.44. The van der Waals surface area contributed by atoms with Crippen molar-refractivity contribution in [2.75, 3.05) is 11.1 Å². The first-order chi connectivity index (χ1) is 13.5. The van der Waals surface area contributed by atoms with Gasteiger partial charge >= 0.3 is 0 Å². The highest BCUT2D eigenvalue weighted by Gasteiger charge is 2.17. The van der Waals surface area contributed by atoms with Crippen LogP contribution in [-0.2, 0) is 18.3 Å². The van der Waals surface area contributed by atoms with E-state index in [0.29, 0.717) is 27.7 Å². The highest BCUT2D eigenvalue weighted by Crippen LogP contribution is 2.27. The summed E-state index contributed by atoms with van der Waals surface area (Å²) in [4.78, 5) is 29.9. The molecule has 0 aliphatic carbocycles. The van der Waals surface area contributed by atoms with Crippen LogP contribution >= 0.6 is 34.5 Å². The molecule has 0 aliphatic rings. The van der Waals surface area contributed by atoms with Crippen LogP contribution in [0, 0.1) is 12.7 Å². The van der Waals surface area contributed by atoms with Crippen molar-refractivity contribution in [1.82, 2.24) is 14.5 Å². The molecule has 11 heteroatoms. The standard InChI is InChI=1S/C16H15ClFN5OS.C2H3ClO/c1-8-16(22-15(24)14-21-12(19)7-23(14)2)25-13(20-8)5-9-3-10(17)6-11(18)4-9;1-2(3)4/h3-4,6-7H,5,19H2,1-2H3,(H,22,24);1H3. The van der Waals surface area contributed by atoms with E-state index in [-0.39, 0.29) is 22.8 Å². The number of carbonyl (C=O) groups excluding carboxylic acids is 2. The fourth-order valence-electron chi connectivity index (χ4n) is 2.39. The summed E-state index contributed by atoms with van der Waals surface area (Å²) in [5, 5.41) is 4.12. The molecule has 0 unspecified atom stereocenters. The second kappa shape index (κ2) is 9.82. The van der Waals surface area contributed by atoms with Crippen molar-refractivity contribution in [3.05, 3.63) is 57.3 Å². The van der Waals surface area contributed by atoms with Gasteiger partial charge in [0.2, 0.25) is 11.1 Å². The lowest BCUT2D eigenvalue weighted by atomic mass is 10.1. The van der Waals surface area contributed by atoms with Gasteiger partial charge in [0.25, 0.3) is 5.91 Å². The molecule has 0 saturated carbocycles. The lowest BCUT2D eigenvalue weighted by molar-refractivity contribution is -0.109. The number of rotatable bonds is 4. The van der Waals surface area contributed by atoms with Crippen LogP contribution in [0.2, 0.25) is 5.02 Å². The van der Waals surface area contributed by atoms with Gasteiger partial charge in [0.1, 0.15) is 16.6 Å². The lowest BCUT2D eigenvalue weighted by Gasteiger charge is -2.02. The van der Waals surface area contributed by atoms with E-state index in [1.165, 1.54) is 30.4 Å². The van der Waals surface area contributed by atoms with Crippen LogP contribution in [0.3, 0.4) is 0 Å². The van der Waals surface area contributed by atoms with E-state index < -0.39 is 5.82 Å². The molecule has 0 fully saturated rings. The molecule has 0 bridgehead atoms. The SMILES string of the molecule is CC(=O)Cl.Cc1nc(Cc2cc(F)cc(Cl)c2)sc1NC(=O)c1nc(N)cn1C. The number of aromatic nitrogens is 3. The van der Waals surface area contributed by atoms with Gasteiger partial charge in [0, 0.05) is 31.6 Å². The van der Waals surface area contributed by atoms with Crippen molar-refractivity contribution in [2.45, 2.75) is 20.3 Å². The van der Waals surface area contributed by atoms with E-state index in [0.717, 1.165) is 5.01 Å². The Labute approximate surface area is 180 Å². The zero-order valence-electron chi connectivity index (χ0n) is 15.8. The molecule has 3 N–H and O–H groups in total. The molecular formula is C18H18Cl2FN5O2S. The van der Waals surface area contributed by atoms with Crippen molar-refractivity contribution >= 4 is 56.5 Å². The second-order valence-corrected chi connectivity index (χ2v) is 8.05. The normalized spacial score (nSPS) is 10.3. The minimum Gasteiger partial charge on any atom is -0.382 e. The topological polar surface area (TPSA) is 103 Å². The smallest absolute Gasteiger partial charge is 0.292 e. The Morgan fingerprint density at radius 1 is 1.31 bits per heavy atom. The maximum absolute atomic E-state index is 13.4. The average molecular weight is 458 g/mol. The van der Waals surface area contributed by atoms with Gasteiger partial charge in [-0.3, -0.25) is 9.59 Å². The number of halogens is 3. The Kier molecular flexibility index (Phi) is 7.72. The van der Waals surface area contributed by atoms with E-state index in [1.807, 2.05) is 0 Å². The third-order valence-corrected chi connectivity index (χ3v) is 4.73. The number of thiazole rings is 1. The van der Waals surface area contributed by atoms with Gasteiger partial charge in [-0.2, -0.15) is 0 Å². The predicted molar refractivity (Wildman–Crippen MR) is 113 cm³/mol. The molecule has 0 spiro atoms. The van der Waals surface area contributed by atoms with Crippen molar-refractivity contribution in [2.24, 2.45) is 7.05 Å². The molecular weight excluding hydrogens is 440 g/mol. The van der Waals surface area contributed by atoms with E-state index in [4.69, 9.17) is 17.3 Å². The molecule has 154 valence electrons. The maximum atomic E-state index is 13.4. The zero-order chi connectivity index (χ0) is 21.7. The fourth-order valence-corrected chi connectivity index (χ4v) is 3.63. The molecule has 0 aliphatic heterocycles. The molecule has 3 rings (SSSR count). The van der Waals surface area contributed by atoms with Crippen molar-refractivity contribution < 1.29 is 14.0 Å². The van der Waals surface area contributed by atoms with E-state index in [1.54, 1.807) is 30.8 Å². The van der Waals surface area contributed by atoms with Gasteiger partial charge in [-0.15, -0.1) is 11.3 Å². The molecule has 1 amide bonds. The van der Waals surface area contributed by atoms with Crippen LogP contribution in [0.25, 0.3) is 0 Å². The molecule has 0 radical (unpaired) electrons. The molecule has 3 aromatic rings. The number of carbonyl (C=O) groups is 2. The fraction of sp³-hybridized carbons (Fsp3) is 0.222. The monoisotopic (exact) mass is 457 g/mol. The number of nitrogens with two attached hydrogens (primary N) is 1. The van der Waals surface area contributed by atoms with Gasteiger partial charge in [0.15, 0.2) is 0 Å². The van der Waals surface area contributed by atoms with E-state index in [9.17, 15) is 14.0 Å². The number of benzene rings is 1. The first-order valence-corrected chi connectivity index (χ1v) is 9.80. The number of aryl methyl sites for hydroxylation is 2. The maximum Gasteiger partial charge on any atom is 0.292 e. The van der Waals surface area contributed by atoms with Gasteiger partial charge < -0.3 is 15.6 Å². The molecule has 2 heterocycles. The first kappa shape index (κ1) is 22.8. The zero-order valence-corrected chi connectivity index (χ0v) is 18.1. The van der Waals surface area contributed by atoms with E-state index in [2.05, 4.69) is 26.9 Å². The molecule has 2 aromatic heterocycles. The Bertz CT molecular complexity index is 1030. The summed E-state index contributed by atoms with van der Waals surface area (Å²) >= 11 is 11.8. The van der Waals surface area contributed by atoms with Crippen LogP contribution in [0.15, 0.2) is 24.4 Å². The van der Waals surface area contributed by atoms with Crippen LogP contribution in [0.4, 0.5) is 15.2 Å². The number of amides is 1. The number of imidazole rings is 1. The molecule has 29 heavy (non-hydrogen) atoms. The summed E-state index contributed by atoms with van der Waals surface area (Å²) in [6.45, 7) is 3.09. The summed E-state index contributed by atoms with van der Waals surface area (Å²) in [5.74, 6) is -0.274. The minimum absolute atomic E-state index is 0.212. The van der Waals surface area contributed by atoms with Gasteiger partial charge in [-0.1, -0.05) is 11.6 Å². The number of anilines is 2. The Hall–Kier alpha value is -2.49. The Morgan fingerprint density at radius 3 is 2.52 bits per heavy atom. The van der Waals surface area contributed by atoms with Crippen molar-refractivity contribution in [3.63, 3.8) is 0 Å². The predicted octanol–water partition coefficient (Wildman–Crippen LogP) is 4.17. The minimum atomic E-state index is -0.392. The summed E-state index contributed by atoms with van der Waals surface area (Å²) in [5.41, 5.74) is 6.99. The number of nitrogen functional groups attached to an aromatic ring is 1. The van der Waals surface area contributed by atoms with Gasteiger partial charge in [-0.05, 0) is 42.3 Å². The third kappa shape index (κ3) is 6.81. The summed E-state index contributed by atoms with van der Waals surface area (Å²) < 4.78 is 15.0. The molecule has 0 saturated heterocycles. The number of hydrogen-bond acceptors (Lipinski definition) is 6. The van der Waals surface area contributed by atoms with Crippen LogP contribution in [0.5, 0.6) is 0 Å². The van der Waals surface area contributed by atoms with Crippen LogP contribution in [0.1, 0.15) is 33.8 Å². The van der Waals surface area contributed by atoms with Gasteiger partial charge in [0.05, 0.1) is 10.7 Å². The highest BCUT2D eigenvalue weighted by molar-refractivity contribution is 7.16. The second-order valence-electron chi connectivity index (χ2n) is 6.00. The summed E-state index contributed by atoms with van der Waals surface area (Å²) in [6.07, 6.45) is 1.99. The Balaban J connectivity index is 0.000000687. The van der Waals surface area contributed by atoms with Crippen LogP contribution in [-0.4, -0.2) is 25.7 Å². The molecule has 1 aromatic carbocycles. The van der Waals surface area contributed by atoms with Gasteiger partial charge in [-0.25, -0.2) is 14.4 Å². The first-order valence-electron chi connectivity index (χ1n) is 8.22. The summed E-state index contributed by atoms with van der Waals surface area (Å²) in [6, 6.07) is 4.36. The molecule has 0 atom stereocenters. The van der Waals surface area contributed by atoms with E-state index >= 15 is 0 Å². The molecule has 7 nitrogen and oxygen atoms in total. The lowest BCUT2D eigenvalue weighted by Crippen LogP contribution is -2.16. The highest BCUT2D eigenvalue weighted by atomic mass is 35.5. The number of nitrogens with zero attached hydrogens (tertiary/aromatic N) is 3. The summed E-state index contributed by atoms with van der Waals surface area (Å²) in [7, 11) is 1.69.